The minimum Gasteiger partial charge on any atom is -0.495 e. The number of methoxy groups -OCH3 is 1. The van der Waals surface area contributed by atoms with Gasteiger partial charge in [-0.2, -0.15) is 0 Å². The van der Waals surface area contributed by atoms with Gasteiger partial charge >= 0.3 is 0 Å². The molecule has 112 valence electrons. The van der Waals surface area contributed by atoms with E-state index in [4.69, 9.17) is 4.74 Å². The Morgan fingerprint density at radius 1 is 1.25 bits per heavy atom. The molecule has 0 heterocycles. The molecule has 0 aromatic heterocycles. The van der Waals surface area contributed by atoms with Crippen LogP contribution in [0.2, 0.25) is 0 Å². The average molecular weight is 276 g/mol. The maximum absolute atomic E-state index is 5.49. The van der Waals surface area contributed by atoms with Crippen molar-refractivity contribution < 1.29 is 4.74 Å². The van der Waals surface area contributed by atoms with E-state index in [9.17, 15) is 0 Å². The number of nitrogens with zero attached hydrogens (tertiary/aromatic N) is 1. The van der Waals surface area contributed by atoms with Crippen LogP contribution in [0, 0.1) is 5.92 Å². The fourth-order valence-electron chi connectivity index (χ4n) is 3.07. The van der Waals surface area contributed by atoms with Gasteiger partial charge in [-0.3, -0.25) is 0 Å². The molecule has 3 nitrogen and oxygen atoms in total. The predicted octanol–water partition coefficient (Wildman–Crippen LogP) is 3.43. The first-order valence-electron chi connectivity index (χ1n) is 7.69. The van der Waals surface area contributed by atoms with E-state index in [0.29, 0.717) is 6.04 Å². The Labute approximate surface area is 123 Å². The van der Waals surface area contributed by atoms with Crippen LogP contribution in [0.5, 0.6) is 5.75 Å². The molecule has 1 aliphatic rings. The number of nitrogens with one attached hydrogen (secondary N) is 1. The normalized spacial score (nSPS) is 22.6. The largest absolute Gasteiger partial charge is 0.495 e. The second-order valence-electron chi connectivity index (χ2n) is 6.15. The second-order valence-corrected chi connectivity index (χ2v) is 6.15. The third-order valence-electron chi connectivity index (χ3n) is 4.41. The van der Waals surface area contributed by atoms with E-state index >= 15 is 0 Å². The van der Waals surface area contributed by atoms with Crippen LogP contribution < -0.4 is 15.0 Å². The Balaban J connectivity index is 1.99. The molecule has 20 heavy (non-hydrogen) atoms. The molecule has 0 aliphatic heterocycles. The lowest BCUT2D eigenvalue weighted by atomic mass is 9.86. The summed E-state index contributed by atoms with van der Waals surface area (Å²) in [4.78, 5) is 2.08. The van der Waals surface area contributed by atoms with Crippen molar-refractivity contribution in [3.8, 4) is 5.75 Å². The molecule has 3 heteroatoms. The van der Waals surface area contributed by atoms with E-state index in [1.54, 1.807) is 7.11 Å². The Bertz CT molecular complexity index is 431. The number of hydrogen-bond acceptors (Lipinski definition) is 3. The molecule has 0 spiro atoms. The molecule has 1 saturated carbocycles. The molecule has 2 rings (SSSR count). The van der Waals surface area contributed by atoms with Crippen LogP contribution in [0.25, 0.3) is 0 Å². The van der Waals surface area contributed by atoms with E-state index < -0.39 is 0 Å². The van der Waals surface area contributed by atoms with Gasteiger partial charge in [0.15, 0.2) is 0 Å². The highest BCUT2D eigenvalue weighted by Crippen LogP contribution is 2.28. The molecule has 2 atom stereocenters. The minimum atomic E-state index is 0.670. The van der Waals surface area contributed by atoms with Gasteiger partial charge in [-0.25, -0.2) is 0 Å². The summed E-state index contributed by atoms with van der Waals surface area (Å²) in [5.41, 5.74) is 2.42. The van der Waals surface area contributed by atoms with Crippen LogP contribution in [0.4, 0.5) is 5.69 Å². The number of rotatable bonds is 5. The summed E-state index contributed by atoms with van der Waals surface area (Å²) in [6.07, 6.45) is 5.43. The highest BCUT2D eigenvalue weighted by Gasteiger charge is 2.20. The monoisotopic (exact) mass is 276 g/mol. The van der Waals surface area contributed by atoms with Gasteiger partial charge in [0.05, 0.1) is 12.8 Å². The zero-order valence-corrected chi connectivity index (χ0v) is 13.3. The molecule has 0 bridgehead atoms. The van der Waals surface area contributed by atoms with Crippen LogP contribution in [-0.2, 0) is 6.54 Å². The molecule has 1 N–H and O–H groups in total. The first-order valence-corrected chi connectivity index (χ1v) is 7.69. The highest BCUT2D eigenvalue weighted by molar-refractivity contribution is 5.58. The Kier molecular flexibility index (Phi) is 5.30. The van der Waals surface area contributed by atoms with Crippen LogP contribution in [0.15, 0.2) is 18.2 Å². The third kappa shape index (κ3) is 3.66. The summed E-state index contributed by atoms with van der Waals surface area (Å²) < 4.78 is 5.49. The molecule has 0 amide bonds. The van der Waals surface area contributed by atoms with Crippen LogP contribution in [0.1, 0.15) is 38.2 Å². The topological polar surface area (TPSA) is 24.5 Å². The van der Waals surface area contributed by atoms with E-state index in [0.717, 1.165) is 23.9 Å². The summed E-state index contributed by atoms with van der Waals surface area (Å²) in [6, 6.07) is 7.15. The number of hydrogen-bond donors (Lipinski definition) is 1. The van der Waals surface area contributed by atoms with Crippen molar-refractivity contribution in [1.29, 1.82) is 0 Å². The van der Waals surface area contributed by atoms with Gasteiger partial charge in [-0.05, 0) is 36.5 Å². The third-order valence-corrected chi connectivity index (χ3v) is 4.41. The maximum atomic E-state index is 5.49. The first-order chi connectivity index (χ1) is 9.61. The van der Waals surface area contributed by atoms with Gasteiger partial charge in [0, 0.05) is 26.7 Å². The van der Waals surface area contributed by atoms with E-state index in [1.807, 2.05) is 14.1 Å². The van der Waals surface area contributed by atoms with E-state index in [-0.39, 0.29) is 0 Å². The molecular weight excluding hydrogens is 248 g/mol. The first kappa shape index (κ1) is 15.2. The molecule has 1 aliphatic carbocycles. The summed E-state index contributed by atoms with van der Waals surface area (Å²) in [5.74, 6) is 1.75. The lowest BCUT2D eigenvalue weighted by Crippen LogP contribution is -2.36. The second kappa shape index (κ2) is 6.98. The number of benzene rings is 1. The van der Waals surface area contributed by atoms with E-state index in [1.165, 1.54) is 31.2 Å². The summed E-state index contributed by atoms with van der Waals surface area (Å²) in [6.45, 7) is 3.30. The summed E-state index contributed by atoms with van der Waals surface area (Å²) in [7, 11) is 5.82. The van der Waals surface area contributed by atoms with Crippen molar-refractivity contribution in [1.82, 2.24) is 5.32 Å². The Morgan fingerprint density at radius 2 is 2.00 bits per heavy atom. The Hall–Kier alpha value is -1.22. The van der Waals surface area contributed by atoms with Crippen molar-refractivity contribution in [2.45, 2.75) is 45.2 Å². The standard InChI is InChI=1S/C17H28N2O/c1-13-7-5-6-8-15(13)18-12-14-9-10-16(19(2)3)17(11-14)20-4/h9-11,13,15,18H,5-8,12H2,1-4H3. The predicted molar refractivity (Wildman–Crippen MR) is 85.6 cm³/mol. The number of anilines is 1. The maximum Gasteiger partial charge on any atom is 0.142 e. The van der Waals surface area contributed by atoms with Gasteiger partial charge in [0.2, 0.25) is 0 Å². The smallest absolute Gasteiger partial charge is 0.142 e. The van der Waals surface area contributed by atoms with Crippen LogP contribution in [-0.4, -0.2) is 27.2 Å². The van der Waals surface area contributed by atoms with Crippen LogP contribution in [0.3, 0.4) is 0 Å². The van der Waals surface area contributed by atoms with Gasteiger partial charge in [0.1, 0.15) is 5.75 Å². The van der Waals surface area contributed by atoms with Crippen molar-refractivity contribution in [3.63, 3.8) is 0 Å². The quantitative estimate of drug-likeness (QED) is 0.891. The molecule has 1 aromatic rings. The van der Waals surface area contributed by atoms with Crippen molar-refractivity contribution in [2.24, 2.45) is 5.92 Å². The van der Waals surface area contributed by atoms with E-state index in [2.05, 4.69) is 35.3 Å². The fraction of sp³-hybridized carbons (Fsp3) is 0.647. The summed E-state index contributed by atoms with van der Waals surface area (Å²) in [5, 5.41) is 3.72. The van der Waals surface area contributed by atoms with Gasteiger partial charge in [0.25, 0.3) is 0 Å². The molecular formula is C17H28N2O. The van der Waals surface area contributed by atoms with Gasteiger partial charge < -0.3 is 15.0 Å². The van der Waals surface area contributed by atoms with Gasteiger partial charge in [-0.1, -0.05) is 25.8 Å². The zero-order chi connectivity index (χ0) is 14.5. The zero-order valence-electron chi connectivity index (χ0n) is 13.3. The molecule has 1 aromatic carbocycles. The SMILES string of the molecule is COc1cc(CNC2CCCCC2C)ccc1N(C)C. The summed E-state index contributed by atoms with van der Waals surface area (Å²) >= 11 is 0. The fourth-order valence-corrected chi connectivity index (χ4v) is 3.07. The highest BCUT2D eigenvalue weighted by atomic mass is 16.5. The average Bonchev–Trinajstić information content (AvgIpc) is 2.46. The minimum absolute atomic E-state index is 0.670. The van der Waals surface area contributed by atoms with Crippen LogP contribution >= 0.6 is 0 Å². The Morgan fingerprint density at radius 3 is 2.65 bits per heavy atom. The van der Waals surface area contributed by atoms with Crippen molar-refractivity contribution in [2.75, 3.05) is 26.1 Å². The van der Waals surface area contributed by atoms with Gasteiger partial charge in [-0.15, -0.1) is 0 Å². The molecule has 1 fully saturated rings. The molecule has 0 saturated heterocycles. The lowest BCUT2D eigenvalue weighted by Gasteiger charge is -2.29. The molecule has 2 unspecified atom stereocenters. The van der Waals surface area contributed by atoms with Crippen molar-refractivity contribution >= 4 is 5.69 Å². The lowest BCUT2D eigenvalue weighted by molar-refractivity contribution is 0.279. The molecule has 0 radical (unpaired) electrons. The number of ether oxygens (including phenoxy) is 1. The van der Waals surface area contributed by atoms with Crippen molar-refractivity contribution in [3.05, 3.63) is 23.8 Å².